The van der Waals surface area contributed by atoms with E-state index in [4.69, 9.17) is 4.74 Å². The quantitative estimate of drug-likeness (QED) is 0.781. The molecule has 0 radical (unpaired) electrons. The maximum Gasteiger partial charge on any atom is 0.316 e. The summed E-state index contributed by atoms with van der Waals surface area (Å²) >= 11 is 0. The van der Waals surface area contributed by atoms with Crippen molar-refractivity contribution in [3.8, 4) is 6.01 Å². The molecule has 6 nitrogen and oxygen atoms in total. The Balaban J connectivity index is 1.93. The van der Waals surface area contributed by atoms with E-state index >= 15 is 0 Å². The van der Waals surface area contributed by atoms with Gasteiger partial charge >= 0.3 is 6.01 Å². The summed E-state index contributed by atoms with van der Waals surface area (Å²) in [6.45, 7) is 2.70. The topological polar surface area (TPSA) is 58.6 Å². The first-order valence-corrected chi connectivity index (χ1v) is 6.18. The second-order valence-electron chi connectivity index (χ2n) is 4.28. The highest BCUT2D eigenvalue weighted by Gasteiger charge is 2.22. The summed E-state index contributed by atoms with van der Waals surface area (Å²) < 4.78 is 17.1. The number of alkyl halides is 1. The highest BCUT2D eigenvalue weighted by Crippen LogP contribution is 2.09. The van der Waals surface area contributed by atoms with Crippen LogP contribution in [0.3, 0.4) is 0 Å². The summed E-state index contributed by atoms with van der Waals surface area (Å²) in [5.41, 5.74) is 0.444. The molecule has 0 aromatic carbocycles. The summed E-state index contributed by atoms with van der Waals surface area (Å²) in [5, 5.41) is 0. The smallest absolute Gasteiger partial charge is 0.316 e. The van der Waals surface area contributed by atoms with Crippen molar-refractivity contribution in [2.45, 2.75) is 0 Å². The van der Waals surface area contributed by atoms with Crippen LogP contribution < -0.4 is 4.74 Å². The number of hydrogen-bond acceptors (Lipinski definition) is 5. The maximum atomic E-state index is 12.2. The van der Waals surface area contributed by atoms with Crippen LogP contribution in [-0.4, -0.2) is 72.2 Å². The first-order chi connectivity index (χ1) is 9.24. The average Bonchev–Trinajstić information content (AvgIpc) is 2.48. The van der Waals surface area contributed by atoms with Crippen LogP contribution in [0.2, 0.25) is 0 Å². The van der Waals surface area contributed by atoms with Crippen molar-refractivity contribution in [3.05, 3.63) is 18.0 Å². The van der Waals surface area contributed by atoms with Gasteiger partial charge in [0.2, 0.25) is 0 Å². The lowest BCUT2D eigenvalue weighted by Gasteiger charge is -2.34. The number of aromatic nitrogens is 2. The summed E-state index contributed by atoms with van der Waals surface area (Å²) in [4.78, 5) is 23.8. The molecule has 0 N–H and O–H groups in total. The van der Waals surface area contributed by atoms with Gasteiger partial charge in [-0.3, -0.25) is 9.69 Å². The van der Waals surface area contributed by atoms with Crippen LogP contribution >= 0.6 is 0 Å². The molecule has 1 saturated heterocycles. The van der Waals surface area contributed by atoms with Crippen molar-refractivity contribution >= 4 is 5.91 Å². The molecule has 0 spiro atoms. The minimum absolute atomic E-state index is 0.0949. The SMILES string of the molecule is COc1ncc(C(=O)N2CCN(CCF)CC2)cn1. The van der Waals surface area contributed by atoms with Crippen LogP contribution in [0.25, 0.3) is 0 Å². The van der Waals surface area contributed by atoms with Gasteiger partial charge in [0.1, 0.15) is 6.67 Å². The normalized spacial score (nSPS) is 16.4. The maximum absolute atomic E-state index is 12.2. The molecule has 0 aliphatic carbocycles. The van der Waals surface area contributed by atoms with E-state index in [2.05, 4.69) is 9.97 Å². The standard InChI is InChI=1S/C12H17FN4O2/c1-19-12-14-8-10(9-15-12)11(18)17-6-4-16(3-2-13)5-7-17/h8-9H,2-7H2,1H3. The lowest BCUT2D eigenvalue weighted by atomic mass is 10.2. The Morgan fingerprint density at radius 2 is 1.95 bits per heavy atom. The molecule has 1 fully saturated rings. The Morgan fingerprint density at radius 3 is 2.47 bits per heavy atom. The fourth-order valence-electron chi connectivity index (χ4n) is 2.01. The van der Waals surface area contributed by atoms with Gasteiger partial charge in [0.25, 0.3) is 5.91 Å². The Morgan fingerprint density at radius 1 is 1.32 bits per heavy atom. The molecular weight excluding hydrogens is 251 g/mol. The van der Waals surface area contributed by atoms with E-state index in [0.29, 0.717) is 38.3 Å². The Kier molecular flexibility index (Phi) is 4.62. The van der Waals surface area contributed by atoms with Crippen molar-refractivity contribution < 1.29 is 13.9 Å². The van der Waals surface area contributed by atoms with Gasteiger partial charge < -0.3 is 9.64 Å². The van der Waals surface area contributed by atoms with Crippen LogP contribution in [0.4, 0.5) is 4.39 Å². The summed E-state index contributed by atoms with van der Waals surface area (Å²) in [5.74, 6) is -0.0949. The van der Waals surface area contributed by atoms with E-state index in [1.54, 1.807) is 4.90 Å². The zero-order valence-corrected chi connectivity index (χ0v) is 10.9. The number of amides is 1. The van der Waals surface area contributed by atoms with Gasteiger partial charge in [0.05, 0.1) is 12.7 Å². The molecule has 1 aliphatic rings. The molecule has 1 amide bonds. The van der Waals surface area contributed by atoms with E-state index in [0.717, 1.165) is 0 Å². The Hall–Kier alpha value is -1.76. The zero-order valence-electron chi connectivity index (χ0n) is 10.9. The fourth-order valence-corrected chi connectivity index (χ4v) is 2.01. The largest absolute Gasteiger partial charge is 0.467 e. The minimum atomic E-state index is -0.347. The lowest BCUT2D eigenvalue weighted by molar-refractivity contribution is 0.0629. The summed E-state index contributed by atoms with van der Waals surface area (Å²) in [7, 11) is 1.47. The van der Waals surface area contributed by atoms with Crippen LogP contribution in [0.1, 0.15) is 10.4 Å². The van der Waals surface area contributed by atoms with Crippen molar-refractivity contribution in [3.63, 3.8) is 0 Å². The second kappa shape index (κ2) is 6.42. The molecule has 2 heterocycles. The molecule has 1 aliphatic heterocycles. The lowest BCUT2D eigenvalue weighted by Crippen LogP contribution is -2.49. The van der Waals surface area contributed by atoms with Crippen LogP contribution in [0, 0.1) is 0 Å². The molecule has 0 atom stereocenters. The van der Waals surface area contributed by atoms with Crippen LogP contribution in [0.15, 0.2) is 12.4 Å². The van der Waals surface area contributed by atoms with Gasteiger partial charge in [-0.25, -0.2) is 14.4 Å². The molecule has 0 unspecified atom stereocenters. The van der Waals surface area contributed by atoms with Crippen molar-refractivity contribution in [2.24, 2.45) is 0 Å². The predicted molar refractivity (Wildman–Crippen MR) is 66.9 cm³/mol. The highest BCUT2D eigenvalue weighted by atomic mass is 19.1. The predicted octanol–water partition coefficient (Wildman–Crippen LogP) is 0.212. The monoisotopic (exact) mass is 268 g/mol. The third-order valence-electron chi connectivity index (χ3n) is 3.12. The molecule has 104 valence electrons. The van der Waals surface area contributed by atoms with E-state index in [9.17, 15) is 9.18 Å². The molecule has 2 rings (SSSR count). The average molecular weight is 268 g/mol. The number of piperazine rings is 1. The molecule has 19 heavy (non-hydrogen) atoms. The van der Waals surface area contributed by atoms with Crippen LogP contribution in [-0.2, 0) is 0 Å². The molecule has 1 aromatic heterocycles. The van der Waals surface area contributed by atoms with Crippen molar-refractivity contribution in [1.82, 2.24) is 19.8 Å². The molecular formula is C12H17FN4O2. The van der Waals surface area contributed by atoms with E-state index in [-0.39, 0.29) is 18.6 Å². The van der Waals surface area contributed by atoms with Gasteiger partial charge in [0.15, 0.2) is 0 Å². The van der Waals surface area contributed by atoms with Crippen molar-refractivity contribution in [1.29, 1.82) is 0 Å². The van der Waals surface area contributed by atoms with E-state index < -0.39 is 0 Å². The molecule has 0 bridgehead atoms. The highest BCUT2D eigenvalue weighted by molar-refractivity contribution is 5.93. The number of carbonyl (C=O) groups is 1. The third kappa shape index (κ3) is 3.37. The number of nitrogens with zero attached hydrogens (tertiary/aromatic N) is 4. The van der Waals surface area contributed by atoms with Gasteiger partial charge in [-0.15, -0.1) is 0 Å². The van der Waals surface area contributed by atoms with Crippen molar-refractivity contribution in [2.75, 3.05) is 46.5 Å². The van der Waals surface area contributed by atoms with Gasteiger partial charge in [-0.2, -0.15) is 0 Å². The fraction of sp³-hybridized carbons (Fsp3) is 0.583. The Labute approximate surface area is 111 Å². The summed E-state index contributed by atoms with van der Waals surface area (Å²) in [6.07, 6.45) is 2.92. The molecule has 0 saturated carbocycles. The zero-order chi connectivity index (χ0) is 13.7. The first kappa shape index (κ1) is 13.7. The first-order valence-electron chi connectivity index (χ1n) is 6.18. The number of rotatable bonds is 4. The van der Waals surface area contributed by atoms with Gasteiger partial charge in [0, 0.05) is 45.1 Å². The van der Waals surface area contributed by atoms with Crippen LogP contribution in [0.5, 0.6) is 6.01 Å². The number of carbonyl (C=O) groups excluding carboxylic acids is 1. The molecule has 7 heteroatoms. The minimum Gasteiger partial charge on any atom is -0.467 e. The number of hydrogen-bond donors (Lipinski definition) is 0. The van der Waals surface area contributed by atoms with E-state index in [1.165, 1.54) is 19.5 Å². The van der Waals surface area contributed by atoms with Gasteiger partial charge in [-0.1, -0.05) is 0 Å². The van der Waals surface area contributed by atoms with Gasteiger partial charge in [-0.05, 0) is 0 Å². The number of methoxy groups -OCH3 is 1. The molecule has 1 aromatic rings. The summed E-state index contributed by atoms with van der Waals surface area (Å²) in [6, 6.07) is 0.240. The third-order valence-corrected chi connectivity index (χ3v) is 3.12. The number of ether oxygens (including phenoxy) is 1. The van der Waals surface area contributed by atoms with E-state index in [1.807, 2.05) is 4.90 Å². The Bertz CT molecular complexity index is 418. The number of halogens is 1. The second-order valence-corrected chi connectivity index (χ2v) is 4.28.